The van der Waals surface area contributed by atoms with E-state index in [-0.39, 0.29) is 40.0 Å². The van der Waals surface area contributed by atoms with Crippen LogP contribution in [-0.4, -0.2) is 43.1 Å². The zero-order valence-corrected chi connectivity index (χ0v) is 74.1. The van der Waals surface area contributed by atoms with Crippen LogP contribution in [0.25, 0.3) is 88.1 Å². The molecule has 13 aromatic carbocycles. The van der Waals surface area contributed by atoms with E-state index in [0.717, 1.165) is 77.6 Å². The monoisotopic (exact) mass is 1790 g/mol. The van der Waals surface area contributed by atoms with Gasteiger partial charge in [0.15, 0.2) is 46.4 Å². The van der Waals surface area contributed by atoms with Gasteiger partial charge in [0.05, 0.1) is 56.0 Å². The SMILES string of the molecule is Cc1cc(C)c(N2/C(=C\C=C3\C(=O)c4cc5ccc(-c6ccc7nc8c(nc7c6)N(c6c(C(C)C)cccc6C(C)C)/C(=C\C=C6C(=O)c7cc9ccccc9cc7C6=O)N8c6c(-c7cc(Cl)ccc7Cl)cccc6-c6cc(Cl)ccc6Cl)cc5cc4C3=O)N(c3c(-c4cc(Cl)cc(Cl)c4)cccc3C3C=C(Cl)C=C(Cl)C3)c3nc4ccccc4nc32)c(C)c1. The van der Waals surface area contributed by atoms with Crippen molar-refractivity contribution in [3.63, 3.8) is 0 Å². The zero-order chi connectivity index (χ0) is 86.6. The number of fused-ring (bicyclic) bond motifs is 8. The fourth-order valence-corrected chi connectivity index (χ4v) is 20.3. The molecule has 15 aromatic rings. The summed E-state index contributed by atoms with van der Waals surface area (Å²) in [6.07, 6.45) is 11.1. The minimum atomic E-state index is -0.454. The lowest BCUT2D eigenvalue weighted by molar-refractivity contribution is 0.0973. The molecule has 3 aliphatic carbocycles. The number of anilines is 8. The molecule has 20 heteroatoms. The molecule has 2 aliphatic heterocycles. The Bertz CT molecular complexity index is 7370. The van der Waals surface area contributed by atoms with Crippen LogP contribution >= 0.6 is 92.8 Å². The molecule has 0 N–H and O–H groups in total. The summed E-state index contributed by atoms with van der Waals surface area (Å²) in [5.74, 6) is 0.572. The fraction of sp³-hybridized carbons (Fsp3) is 0.105. The summed E-state index contributed by atoms with van der Waals surface area (Å²) in [4.78, 5) is 91.8. The van der Waals surface area contributed by atoms with E-state index in [1.807, 2.05) is 163 Å². The Kier molecular flexibility index (Phi) is 20.6. The molecule has 610 valence electrons. The second-order valence-electron chi connectivity index (χ2n) is 32.7. The topological polar surface area (TPSA) is 133 Å². The molecule has 0 saturated carbocycles. The molecule has 5 aliphatic rings. The summed E-state index contributed by atoms with van der Waals surface area (Å²) in [5, 5.41) is 6.66. The normalized spacial score (nSPS) is 16.0. The number of hydrogen-bond acceptors (Lipinski definition) is 12. The molecule has 0 spiro atoms. The van der Waals surface area contributed by atoms with E-state index in [2.05, 4.69) is 99.6 Å². The van der Waals surface area contributed by atoms with Crippen LogP contribution in [-0.2, 0) is 0 Å². The van der Waals surface area contributed by atoms with Crippen LogP contribution in [0.1, 0.15) is 127 Å². The molecule has 0 amide bonds. The predicted octanol–water partition coefficient (Wildman–Crippen LogP) is 30.6. The van der Waals surface area contributed by atoms with Gasteiger partial charge < -0.3 is 0 Å². The van der Waals surface area contributed by atoms with Gasteiger partial charge in [-0.25, -0.2) is 19.9 Å². The number of para-hydroxylation sites is 5. The third-order valence-corrected chi connectivity index (χ3v) is 26.0. The number of carbonyl (C=O) groups is 4. The molecular weight excluding hydrogens is 1720 g/mol. The molecule has 1 unspecified atom stereocenters. The average molecular weight is 1790 g/mol. The summed E-state index contributed by atoms with van der Waals surface area (Å²) in [6, 6.07) is 72.9. The lowest BCUT2D eigenvalue weighted by atomic mass is 9.87. The van der Waals surface area contributed by atoms with E-state index in [1.165, 1.54) is 0 Å². The number of carbonyl (C=O) groups excluding carboxylic acids is 4. The van der Waals surface area contributed by atoms with Gasteiger partial charge in [-0.05, 0) is 245 Å². The Morgan fingerprint density at radius 3 is 1.31 bits per heavy atom. The van der Waals surface area contributed by atoms with E-state index in [1.54, 1.807) is 72.8 Å². The van der Waals surface area contributed by atoms with Gasteiger partial charge in [0.1, 0.15) is 11.6 Å². The number of aryl methyl sites for hydroxylation is 3. The molecule has 4 heterocycles. The Balaban J connectivity index is 0.754. The van der Waals surface area contributed by atoms with Crippen molar-refractivity contribution in [3.8, 4) is 44.5 Å². The van der Waals surface area contributed by atoms with Crippen LogP contribution in [0.15, 0.2) is 300 Å². The summed E-state index contributed by atoms with van der Waals surface area (Å²) in [6.45, 7) is 14.8. The van der Waals surface area contributed by atoms with Gasteiger partial charge >= 0.3 is 0 Å². The van der Waals surface area contributed by atoms with E-state index in [4.69, 9.17) is 113 Å². The second-order valence-corrected chi connectivity index (χ2v) is 36.1. The van der Waals surface area contributed by atoms with Crippen molar-refractivity contribution in [2.45, 2.75) is 72.6 Å². The van der Waals surface area contributed by atoms with Gasteiger partial charge in [0, 0.05) is 96.2 Å². The first kappa shape index (κ1) is 81.1. The molecule has 0 radical (unpaired) electrons. The summed E-state index contributed by atoms with van der Waals surface area (Å²) in [7, 11) is 0. The number of hydrogen-bond donors (Lipinski definition) is 0. The molecule has 0 saturated heterocycles. The van der Waals surface area contributed by atoms with E-state index in [0.29, 0.717) is 159 Å². The number of Topliss-reactive ketones (excluding diaryl/α,β-unsaturated/α-hetero) is 4. The van der Waals surface area contributed by atoms with Crippen molar-refractivity contribution in [1.82, 2.24) is 19.9 Å². The molecule has 0 bridgehead atoms. The first-order valence-electron chi connectivity index (χ1n) is 40.8. The minimum absolute atomic E-state index is 0.0250. The smallest absolute Gasteiger partial charge is 0.197 e. The summed E-state index contributed by atoms with van der Waals surface area (Å²) in [5.41, 5.74) is 17.4. The van der Waals surface area contributed by atoms with Gasteiger partial charge in [-0.3, -0.25) is 38.8 Å². The van der Waals surface area contributed by atoms with Gasteiger partial charge in [-0.1, -0.05) is 253 Å². The molecule has 125 heavy (non-hydrogen) atoms. The standard InChI is InChI=1S/C105H70Cl8N8O4/c1-53(2)72-17-12-18-73(54(3)4)95(72)119-93(36-31-78-98(122)82-44-58-15-8-9-16-59(58)45-83(82)99(78)123)121(97-76(80-51-66(106)28-32-86(80)112)21-14-22-77(97)81-52-67(107)29-33-87(81)113)104-105(119)117-91-48-62(27-34-90(91)116-104)60-25-26-61-46-84-85(47-63(61)39-60)101(125)79(100(84)124)30-35-92-118(94-56(6)37-55(5)38-57(94)7)102-103(115-89-24-11-10-23-88(89)114-102)120(92)96-74(64-40-68(108)49-69(109)41-64)19-13-20-75(96)65-42-70(110)50-71(111)43-65/h8-42,44-54,65H,43H2,1-7H3/b79-30-,92-35+,93-36+. The van der Waals surface area contributed by atoms with E-state index in [9.17, 15) is 0 Å². The number of nitrogens with zero attached hydrogens (tertiary/aromatic N) is 8. The van der Waals surface area contributed by atoms with E-state index < -0.39 is 23.1 Å². The number of rotatable bonds is 13. The fourth-order valence-electron chi connectivity index (χ4n) is 18.4. The van der Waals surface area contributed by atoms with Gasteiger partial charge in [-0.2, -0.15) is 0 Å². The maximum Gasteiger partial charge on any atom is 0.197 e. The van der Waals surface area contributed by atoms with Crippen LogP contribution in [0.3, 0.4) is 0 Å². The van der Waals surface area contributed by atoms with Crippen LogP contribution in [0.4, 0.5) is 46.0 Å². The average Bonchev–Trinajstić information content (AvgIpc) is 1.57. The number of benzene rings is 13. The highest BCUT2D eigenvalue weighted by molar-refractivity contribution is 6.42. The summed E-state index contributed by atoms with van der Waals surface area (Å²) < 4.78 is 0. The minimum Gasteiger partial charge on any atom is -0.288 e. The predicted molar refractivity (Wildman–Crippen MR) is 514 cm³/mol. The van der Waals surface area contributed by atoms with Gasteiger partial charge in [-0.15, -0.1) is 0 Å². The largest absolute Gasteiger partial charge is 0.288 e. The van der Waals surface area contributed by atoms with E-state index >= 15 is 19.2 Å². The quantitative estimate of drug-likeness (QED) is 0.0804. The highest BCUT2D eigenvalue weighted by atomic mass is 35.5. The van der Waals surface area contributed by atoms with Crippen molar-refractivity contribution >= 4 is 206 Å². The zero-order valence-electron chi connectivity index (χ0n) is 68.1. The van der Waals surface area contributed by atoms with Crippen molar-refractivity contribution in [2.75, 3.05) is 19.6 Å². The van der Waals surface area contributed by atoms with Crippen LogP contribution < -0.4 is 19.6 Å². The third kappa shape index (κ3) is 14.0. The van der Waals surface area contributed by atoms with Gasteiger partial charge in [0.25, 0.3) is 0 Å². The van der Waals surface area contributed by atoms with Crippen molar-refractivity contribution in [2.24, 2.45) is 0 Å². The number of allylic oxidation sites excluding steroid dienone is 10. The molecule has 12 nitrogen and oxygen atoms in total. The first-order valence-corrected chi connectivity index (χ1v) is 43.8. The van der Waals surface area contributed by atoms with Crippen molar-refractivity contribution in [1.29, 1.82) is 0 Å². The Labute approximate surface area is 760 Å². The second kappa shape index (κ2) is 31.7. The molecule has 2 aromatic heterocycles. The number of ketones is 4. The number of halogens is 8. The molecular formula is C105H70Cl8N8O4. The van der Waals surface area contributed by atoms with Crippen LogP contribution in [0.2, 0.25) is 30.1 Å². The first-order chi connectivity index (χ1) is 60.3. The lowest BCUT2D eigenvalue weighted by Gasteiger charge is -2.32. The Hall–Kier alpha value is -12.3. The highest BCUT2D eigenvalue weighted by Gasteiger charge is 2.45. The Morgan fingerprint density at radius 1 is 0.344 bits per heavy atom. The third-order valence-electron chi connectivity index (χ3n) is 23.9. The van der Waals surface area contributed by atoms with Crippen molar-refractivity contribution < 1.29 is 19.2 Å². The maximum atomic E-state index is 15.6. The summed E-state index contributed by atoms with van der Waals surface area (Å²) >= 11 is 56.4. The molecule has 0 fully saturated rings. The van der Waals surface area contributed by atoms with Gasteiger partial charge in [0.2, 0.25) is 0 Å². The highest BCUT2D eigenvalue weighted by Crippen LogP contribution is 2.59. The molecule has 1 atom stereocenters. The lowest BCUT2D eigenvalue weighted by Crippen LogP contribution is -2.25. The Morgan fingerprint density at radius 2 is 0.784 bits per heavy atom. The number of aromatic nitrogens is 4. The van der Waals surface area contributed by atoms with Crippen LogP contribution in [0.5, 0.6) is 0 Å². The molecule has 20 rings (SSSR count). The van der Waals surface area contributed by atoms with Crippen LogP contribution in [0, 0.1) is 20.8 Å². The van der Waals surface area contributed by atoms with Crippen molar-refractivity contribution in [3.05, 3.63) is 386 Å². The maximum absolute atomic E-state index is 15.6.